The van der Waals surface area contributed by atoms with Crippen molar-refractivity contribution < 1.29 is 19.0 Å². The Labute approximate surface area is 134 Å². The van der Waals surface area contributed by atoms with Gasteiger partial charge in [-0.05, 0) is 11.6 Å². The number of ether oxygens (including phenoxy) is 1. The van der Waals surface area contributed by atoms with E-state index in [4.69, 9.17) is 4.74 Å². The van der Waals surface area contributed by atoms with Crippen molar-refractivity contribution >= 4 is 11.7 Å². The van der Waals surface area contributed by atoms with Crippen LogP contribution in [0.3, 0.4) is 0 Å². The molecule has 2 amide bonds. The number of aliphatic hydroxyl groups is 1. The summed E-state index contributed by atoms with van der Waals surface area (Å²) in [6.07, 6.45) is -0.264. The molecule has 0 aromatic heterocycles. The van der Waals surface area contributed by atoms with E-state index >= 15 is 0 Å². The SMILES string of the molecule is COc1cc(F)cc(NC(=O)NCC(O)Cc2ccccc2)c1. The Kier molecular flexibility index (Phi) is 5.94. The fraction of sp³-hybridized carbons (Fsp3) is 0.235. The number of methoxy groups -OCH3 is 1. The molecular weight excluding hydrogens is 299 g/mol. The molecule has 6 heteroatoms. The standard InChI is InChI=1S/C17H19FN2O3/c1-23-16-9-13(18)8-14(10-16)20-17(22)19-11-15(21)7-12-5-3-2-4-6-12/h2-6,8-10,15,21H,7,11H2,1H3,(H2,19,20,22). The first-order chi connectivity index (χ1) is 11.1. The molecule has 5 nitrogen and oxygen atoms in total. The first-order valence-electron chi connectivity index (χ1n) is 7.18. The number of amides is 2. The van der Waals surface area contributed by atoms with Gasteiger partial charge in [0.25, 0.3) is 0 Å². The van der Waals surface area contributed by atoms with Crippen molar-refractivity contribution in [1.82, 2.24) is 5.32 Å². The van der Waals surface area contributed by atoms with Crippen LogP contribution in [0, 0.1) is 5.82 Å². The predicted molar refractivity (Wildman–Crippen MR) is 86.1 cm³/mol. The summed E-state index contributed by atoms with van der Waals surface area (Å²) in [5, 5.41) is 15.0. The van der Waals surface area contributed by atoms with Gasteiger partial charge in [0.2, 0.25) is 0 Å². The molecule has 2 aromatic rings. The van der Waals surface area contributed by atoms with Gasteiger partial charge in [-0.25, -0.2) is 9.18 Å². The zero-order valence-electron chi connectivity index (χ0n) is 12.8. The zero-order chi connectivity index (χ0) is 16.7. The van der Waals surface area contributed by atoms with E-state index in [2.05, 4.69) is 10.6 Å². The number of hydrogen-bond acceptors (Lipinski definition) is 3. The Morgan fingerprint density at radius 1 is 1.26 bits per heavy atom. The third kappa shape index (κ3) is 5.60. The highest BCUT2D eigenvalue weighted by molar-refractivity contribution is 5.89. The minimum atomic E-state index is -0.704. The molecule has 0 radical (unpaired) electrons. The maximum Gasteiger partial charge on any atom is 0.319 e. The van der Waals surface area contributed by atoms with Gasteiger partial charge in [0, 0.05) is 30.8 Å². The van der Waals surface area contributed by atoms with Crippen molar-refractivity contribution in [3.8, 4) is 5.75 Å². The van der Waals surface area contributed by atoms with Gasteiger partial charge in [-0.15, -0.1) is 0 Å². The molecule has 0 spiro atoms. The van der Waals surface area contributed by atoms with Crippen molar-refractivity contribution in [3.05, 3.63) is 59.9 Å². The van der Waals surface area contributed by atoms with Crippen LogP contribution in [-0.2, 0) is 6.42 Å². The number of carbonyl (C=O) groups is 1. The van der Waals surface area contributed by atoms with Crippen LogP contribution in [-0.4, -0.2) is 30.9 Å². The normalized spacial score (nSPS) is 11.6. The van der Waals surface area contributed by atoms with E-state index in [1.807, 2.05) is 30.3 Å². The number of nitrogens with one attached hydrogen (secondary N) is 2. The number of carbonyl (C=O) groups excluding carboxylic acids is 1. The first-order valence-corrected chi connectivity index (χ1v) is 7.18. The maximum absolute atomic E-state index is 13.3. The van der Waals surface area contributed by atoms with Crippen molar-refractivity contribution in [2.75, 3.05) is 19.0 Å². The van der Waals surface area contributed by atoms with Crippen LogP contribution in [0.5, 0.6) is 5.75 Å². The monoisotopic (exact) mass is 318 g/mol. The summed E-state index contributed by atoms with van der Waals surface area (Å²) in [6, 6.07) is 12.9. The average Bonchev–Trinajstić information content (AvgIpc) is 2.53. The molecule has 0 aliphatic heterocycles. The molecule has 23 heavy (non-hydrogen) atoms. The Balaban J connectivity index is 1.82. The van der Waals surface area contributed by atoms with E-state index in [9.17, 15) is 14.3 Å². The van der Waals surface area contributed by atoms with E-state index in [0.29, 0.717) is 12.2 Å². The van der Waals surface area contributed by atoms with Gasteiger partial charge in [0.15, 0.2) is 0 Å². The zero-order valence-corrected chi connectivity index (χ0v) is 12.8. The minimum absolute atomic E-state index is 0.0905. The lowest BCUT2D eigenvalue weighted by Crippen LogP contribution is -2.36. The van der Waals surface area contributed by atoms with Gasteiger partial charge in [0.05, 0.1) is 13.2 Å². The highest BCUT2D eigenvalue weighted by Crippen LogP contribution is 2.19. The summed E-state index contributed by atoms with van der Waals surface area (Å²) < 4.78 is 18.3. The van der Waals surface area contributed by atoms with Gasteiger partial charge in [0.1, 0.15) is 11.6 Å². The molecule has 3 N–H and O–H groups in total. The maximum atomic E-state index is 13.3. The molecule has 2 aromatic carbocycles. The molecule has 0 aliphatic rings. The molecule has 0 saturated heterocycles. The van der Waals surface area contributed by atoms with Crippen LogP contribution in [0.1, 0.15) is 5.56 Å². The molecule has 122 valence electrons. The van der Waals surface area contributed by atoms with E-state index in [1.165, 1.54) is 25.3 Å². The summed E-state index contributed by atoms with van der Waals surface area (Å²) in [4.78, 5) is 11.8. The Bertz CT molecular complexity index is 650. The third-order valence-electron chi connectivity index (χ3n) is 3.18. The highest BCUT2D eigenvalue weighted by atomic mass is 19.1. The van der Waals surface area contributed by atoms with Gasteiger partial charge in [-0.2, -0.15) is 0 Å². The molecule has 0 aliphatic carbocycles. The second kappa shape index (κ2) is 8.14. The fourth-order valence-corrected chi connectivity index (χ4v) is 2.10. The quantitative estimate of drug-likeness (QED) is 0.766. The van der Waals surface area contributed by atoms with Crippen molar-refractivity contribution in [2.45, 2.75) is 12.5 Å². The molecular formula is C17H19FN2O3. The second-order valence-electron chi connectivity index (χ2n) is 5.06. The summed E-state index contributed by atoms with van der Waals surface area (Å²) in [5.74, 6) is -0.201. The van der Waals surface area contributed by atoms with Gasteiger partial charge >= 0.3 is 6.03 Å². The Morgan fingerprint density at radius 3 is 2.70 bits per heavy atom. The van der Waals surface area contributed by atoms with E-state index < -0.39 is 18.0 Å². The molecule has 1 unspecified atom stereocenters. The van der Waals surface area contributed by atoms with Gasteiger partial charge < -0.3 is 20.5 Å². The number of rotatable bonds is 6. The topological polar surface area (TPSA) is 70.6 Å². The molecule has 0 saturated carbocycles. The number of anilines is 1. The smallest absolute Gasteiger partial charge is 0.319 e. The summed E-state index contributed by atoms with van der Waals surface area (Å²) in [5.41, 5.74) is 1.26. The predicted octanol–water partition coefficient (Wildman–Crippen LogP) is 2.56. The molecule has 0 bridgehead atoms. The van der Waals surface area contributed by atoms with Crippen molar-refractivity contribution in [3.63, 3.8) is 0 Å². The number of halogens is 1. The van der Waals surface area contributed by atoms with Gasteiger partial charge in [-0.1, -0.05) is 30.3 Å². The number of aliphatic hydroxyl groups excluding tert-OH is 1. The average molecular weight is 318 g/mol. The molecule has 0 heterocycles. The Morgan fingerprint density at radius 2 is 2.00 bits per heavy atom. The number of urea groups is 1. The fourth-order valence-electron chi connectivity index (χ4n) is 2.10. The van der Waals surface area contributed by atoms with Gasteiger partial charge in [-0.3, -0.25) is 0 Å². The highest BCUT2D eigenvalue weighted by Gasteiger charge is 2.09. The molecule has 0 fully saturated rings. The molecule has 2 rings (SSSR count). The second-order valence-corrected chi connectivity index (χ2v) is 5.06. The van der Waals surface area contributed by atoms with E-state index in [-0.39, 0.29) is 12.2 Å². The van der Waals surface area contributed by atoms with E-state index in [0.717, 1.165) is 5.56 Å². The van der Waals surface area contributed by atoms with Crippen LogP contribution < -0.4 is 15.4 Å². The molecule has 1 atom stereocenters. The van der Waals surface area contributed by atoms with Crippen LogP contribution in [0.15, 0.2) is 48.5 Å². The lowest BCUT2D eigenvalue weighted by molar-refractivity contribution is 0.172. The third-order valence-corrected chi connectivity index (χ3v) is 3.18. The summed E-state index contributed by atoms with van der Waals surface area (Å²) in [6.45, 7) is 0.0905. The van der Waals surface area contributed by atoms with Crippen LogP contribution in [0.25, 0.3) is 0 Å². The minimum Gasteiger partial charge on any atom is -0.497 e. The summed E-state index contributed by atoms with van der Waals surface area (Å²) >= 11 is 0. The first kappa shape index (κ1) is 16.8. The van der Waals surface area contributed by atoms with Crippen LogP contribution in [0.2, 0.25) is 0 Å². The Hall–Kier alpha value is -2.60. The number of benzene rings is 2. The lowest BCUT2D eigenvalue weighted by atomic mass is 10.1. The van der Waals surface area contributed by atoms with Crippen LogP contribution >= 0.6 is 0 Å². The van der Waals surface area contributed by atoms with Crippen molar-refractivity contribution in [2.24, 2.45) is 0 Å². The van der Waals surface area contributed by atoms with E-state index in [1.54, 1.807) is 0 Å². The number of hydrogen-bond donors (Lipinski definition) is 3. The summed E-state index contributed by atoms with van der Waals surface area (Å²) in [7, 11) is 1.42. The van der Waals surface area contributed by atoms with Crippen LogP contribution in [0.4, 0.5) is 14.9 Å². The van der Waals surface area contributed by atoms with Crippen molar-refractivity contribution in [1.29, 1.82) is 0 Å². The largest absolute Gasteiger partial charge is 0.497 e. The lowest BCUT2D eigenvalue weighted by Gasteiger charge is -2.13.